The molecule has 0 spiro atoms. The lowest BCUT2D eigenvalue weighted by atomic mass is 10.3. The van der Waals surface area contributed by atoms with Crippen LogP contribution in [0.15, 0.2) is 6.07 Å². The number of aromatic nitrogens is 1. The minimum Gasteiger partial charge on any atom is -0.503 e. The quantitative estimate of drug-likeness (QED) is 0.872. The van der Waals surface area contributed by atoms with Crippen LogP contribution in [-0.2, 0) is 5.33 Å². The van der Waals surface area contributed by atoms with E-state index in [1.54, 1.807) is 0 Å². The van der Waals surface area contributed by atoms with Crippen molar-refractivity contribution in [1.82, 2.24) is 4.98 Å². The molecule has 0 aliphatic carbocycles. The molecule has 1 aromatic heterocycles. The van der Waals surface area contributed by atoms with Crippen LogP contribution in [0.1, 0.15) is 5.56 Å². The van der Waals surface area contributed by atoms with Gasteiger partial charge in [-0.05, 0) is 6.07 Å². The molecular formula is C8H7BrF3NO3. The molecule has 90 valence electrons. The molecule has 1 rings (SSSR count). The van der Waals surface area contributed by atoms with Crippen molar-refractivity contribution in [3.8, 4) is 17.5 Å². The van der Waals surface area contributed by atoms with Crippen molar-refractivity contribution >= 4 is 15.9 Å². The van der Waals surface area contributed by atoms with Gasteiger partial charge in [-0.25, -0.2) is 0 Å². The number of hydrogen-bond acceptors (Lipinski definition) is 4. The SMILES string of the molecule is COc1nc(OC(F)(F)F)c(O)cc1CBr. The smallest absolute Gasteiger partial charge is 0.503 e. The first kappa shape index (κ1) is 12.9. The van der Waals surface area contributed by atoms with Crippen molar-refractivity contribution in [3.05, 3.63) is 11.6 Å². The van der Waals surface area contributed by atoms with Gasteiger partial charge >= 0.3 is 6.36 Å². The molecular weight excluding hydrogens is 295 g/mol. The maximum absolute atomic E-state index is 11.9. The summed E-state index contributed by atoms with van der Waals surface area (Å²) in [6, 6.07) is 1.08. The molecule has 0 aliphatic heterocycles. The molecule has 8 heteroatoms. The molecule has 1 N–H and O–H groups in total. The minimum atomic E-state index is -4.91. The number of rotatable bonds is 3. The molecule has 0 aliphatic rings. The molecule has 0 atom stereocenters. The molecule has 0 radical (unpaired) electrons. The predicted octanol–water partition coefficient (Wildman–Crippen LogP) is 2.59. The molecule has 16 heavy (non-hydrogen) atoms. The van der Waals surface area contributed by atoms with Gasteiger partial charge in [0.1, 0.15) is 0 Å². The third kappa shape index (κ3) is 3.16. The Morgan fingerprint density at radius 2 is 2.06 bits per heavy atom. The van der Waals surface area contributed by atoms with E-state index >= 15 is 0 Å². The highest BCUT2D eigenvalue weighted by molar-refractivity contribution is 9.08. The first-order chi connectivity index (χ1) is 7.37. The van der Waals surface area contributed by atoms with E-state index in [4.69, 9.17) is 4.74 Å². The fourth-order valence-electron chi connectivity index (χ4n) is 0.967. The fraction of sp³-hybridized carbons (Fsp3) is 0.375. The molecule has 0 amide bonds. The van der Waals surface area contributed by atoms with Gasteiger partial charge < -0.3 is 14.6 Å². The van der Waals surface area contributed by atoms with Crippen LogP contribution in [0.2, 0.25) is 0 Å². The normalized spacial score (nSPS) is 11.3. The molecule has 0 bridgehead atoms. The second kappa shape index (κ2) is 4.77. The second-order valence-electron chi connectivity index (χ2n) is 2.66. The first-order valence-corrected chi connectivity index (χ1v) is 5.08. The van der Waals surface area contributed by atoms with Crippen molar-refractivity contribution in [2.24, 2.45) is 0 Å². The van der Waals surface area contributed by atoms with Crippen LogP contribution in [0.3, 0.4) is 0 Å². The van der Waals surface area contributed by atoms with Gasteiger partial charge in [-0.15, -0.1) is 13.2 Å². The van der Waals surface area contributed by atoms with Crippen molar-refractivity contribution in [1.29, 1.82) is 0 Å². The molecule has 0 unspecified atom stereocenters. The van der Waals surface area contributed by atoms with E-state index in [0.29, 0.717) is 5.56 Å². The minimum absolute atomic E-state index is 0.0473. The number of methoxy groups -OCH3 is 1. The number of hydrogen-bond donors (Lipinski definition) is 1. The van der Waals surface area contributed by atoms with Crippen LogP contribution in [0.5, 0.6) is 17.5 Å². The van der Waals surface area contributed by atoms with Crippen molar-refractivity contribution in [2.45, 2.75) is 11.7 Å². The van der Waals surface area contributed by atoms with E-state index in [9.17, 15) is 18.3 Å². The summed E-state index contributed by atoms with van der Waals surface area (Å²) in [5.41, 5.74) is 0.412. The molecule has 0 fully saturated rings. The maximum Gasteiger partial charge on any atom is 0.574 e. The summed E-state index contributed by atoms with van der Waals surface area (Å²) in [7, 11) is 1.25. The highest BCUT2D eigenvalue weighted by Crippen LogP contribution is 2.34. The predicted molar refractivity (Wildman–Crippen MR) is 51.8 cm³/mol. The Kier molecular flexibility index (Phi) is 3.84. The van der Waals surface area contributed by atoms with Crippen LogP contribution in [0.25, 0.3) is 0 Å². The summed E-state index contributed by atoms with van der Waals surface area (Å²) in [5.74, 6) is -1.68. The van der Waals surface area contributed by atoms with Crippen molar-refractivity contribution in [2.75, 3.05) is 7.11 Å². The van der Waals surface area contributed by atoms with E-state index in [1.807, 2.05) is 0 Å². The second-order valence-corrected chi connectivity index (χ2v) is 3.22. The molecule has 1 aromatic rings. The van der Waals surface area contributed by atoms with Crippen molar-refractivity contribution in [3.63, 3.8) is 0 Å². The lowest BCUT2D eigenvalue weighted by Gasteiger charge is -2.12. The average molecular weight is 302 g/mol. The molecule has 0 aromatic carbocycles. The highest BCUT2D eigenvalue weighted by atomic mass is 79.9. The van der Waals surface area contributed by atoms with Gasteiger partial charge in [-0.3, -0.25) is 0 Å². The van der Waals surface area contributed by atoms with E-state index in [2.05, 4.69) is 25.7 Å². The van der Waals surface area contributed by atoms with Gasteiger partial charge in [-0.1, -0.05) is 15.9 Å². The Hall–Kier alpha value is -1.18. The third-order valence-corrected chi connectivity index (χ3v) is 2.16. The number of aromatic hydroxyl groups is 1. The number of ether oxygens (including phenoxy) is 2. The van der Waals surface area contributed by atoms with Crippen LogP contribution >= 0.6 is 15.9 Å². The van der Waals surface area contributed by atoms with Gasteiger partial charge in [-0.2, -0.15) is 4.98 Å². The van der Waals surface area contributed by atoms with Gasteiger partial charge in [0.05, 0.1) is 7.11 Å². The third-order valence-electron chi connectivity index (χ3n) is 1.56. The van der Waals surface area contributed by atoms with E-state index < -0.39 is 18.0 Å². The zero-order chi connectivity index (χ0) is 12.3. The summed E-state index contributed by atoms with van der Waals surface area (Å²) >= 11 is 3.08. The Morgan fingerprint density at radius 3 is 2.50 bits per heavy atom. The van der Waals surface area contributed by atoms with Crippen molar-refractivity contribution < 1.29 is 27.8 Å². The van der Waals surface area contributed by atoms with Crippen LogP contribution in [-0.4, -0.2) is 23.6 Å². The zero-order valence-electron chi connectivity index (χ0n) is 8.01. The zero-order valence-corrected chi connectivity index (χ0v) is 9.59. The van der Waals surface area contributed by atoms with E-state index in [-0.39, 0.29) is 11.2 Å². The Labute approximate surface area is 97.1 Å². The van der Waals surface area contributed by atoms with E-state index in [1.165, 1.54) is 7.11 Å². The largest absolute Gasteiger partial charge is 0.574 e. The maximum atomic E-state index is 11.9. The Bertz CT molecular complexity index is 384. The van der Waals surface area contributed by atoms with Crippen LogP contribution in [0, 0.1) is 0 Å². The monoisotopic (exact) mass is 301 g/mol. The van der Waals surface area contributed by atoms with Crippen LogP contribution in [0.4, 0.5) is 13.2 Å². The molecule has 1 heterocycles. The lowest BCUT2D eigenvalue weighted by Crippen LogP contribution is -2.18. The van der Waals surface area contributed by atoms with Crippen LogP contribution < -0.4 is 9.47 Å². The topological polar surface area (TPSA) is 51.6 Å². The van der Waals surface area contributed by atoms with E-state index in [0.717, 1.165) is 6.07 Å². The summed E-state index contributed by atoms with van der Waals surface area (Å²) in [4.78, 5) is 3.40. The van der Waals surface area contributed by atoms with Gasteiger partial charge in [0.2, 0.25) is 5.88 Å². The summed E-state index contributed by atoms with van der Waals surface area (Å²) in [6.07, 6.45) is -4.91. The number of nitrogens with zero attached hydrogens (tertiary/aromatic N) is 1. The number of halogens is 4. The molecule has 0 saturated heterocycles. The van der Waals surface area contributed by atoms with Gasteiger partial charge in [0.25, 0.3) is 5.88 Å². The summed E-state index contributed by atoms with van der Waals surface area (Å²) in [6.45, 7) is 0. The summed E-state index contributed by atoms with van der Waals surface area (Å²) in [5, 5.41) is 9.52. The molecule has 4 nitrogen and oxygen atoms in total. The Morgan fingerprint density at radius 1 is 1.44 bits per heavy atom. The standard InChI is InChI=1S/C8H7BrF3NO3/c1-15-6-4(3-9)2-5(14)7(13-6)16-8(10,11)12/h2,14H,3H2,1H3. The Balaban J connectivity index is 3.11. The number of pyridine rings is 1. The number of alkyl halides is 4. The molecule has 0 saturated carbocycles. The first-order valence-electron chi connectivity index (χ1n) is 3.96. The lowest BCUT2D eigenvalue weighted by molar-refractivity contribution is -0.276. The highest BCUT2D eigenvalue weighted by Gasteiger charge is 2.33. The average Bonchev–Trinajstić information content (AvgIpc) is 2.18. The van der Waals surface area contributed by atoms with Gasteiger partial charge in [0, 0.05) is 10.9 Å². The summed E-state index contributed by atoms with van der Waals surface area (Å²) < 4.78 is 44.0. The fourth-order valence-corrected chi connectivity index (χ4v) is 1.37. The van der Waals surface area contributed by atoms with Gasteiger partial charge in [0.15, 0.2) is 5.75 Å².